The summed E-state index contributed by atoms with van der Waals surface area (Å²) in [5.41, 5.74) is 16.1. The van der Waals surface area contributed by atoms with E-state index in [1.54, 1.807) is 41.7 Å². The molecule has 2 aromatic heterocycles. The Morgan fingerprint density at radius 3 is 1.39 bits per heavy atom. The molecular formula is C38H47BrN6O6S3. The van der Waals surface area contributed by atoms with E-state index < -0.39 is 9.85 Å². The minimum atomic E-state index is -0.498. The Kier molecular flexibility index (Phi) is 21.8. The topological polar surface area (TPSA) is 201 Å². The number of nitro benzene ring substituents is 2. The fourth-order valence-corrected chi connectivity index (χ4v) is 5.64. The molecule has 16 heteroatoms. The molecule has 0 aliphatic carbocycles. The van der Waals surface area contributed by atoms with Crippen molar-refractivity contribution in [3.05, 3.63) is 119 Å². The number of halogens is 1. The zero-order chi connectivity index (χ0) is 41.0. The number of nitrogens with zero attached hydrogens (tertiary/aromatic N) is 4. The normalized spacial score (nSPS) is 10.1. The van der Waals surface area contributed by atoms with Gasteiger partial charge in [-0.15, -0.1) is 22.7 Å². The van der Waals surface area contributed by atoms with E-state index in [0.29, 0.717) is 28.3 Å². The number of carbonyl (C=O) groups excluding carboxylic acids is 1. The van der Waals surface area contributed by atoms with Crippen LogP contribution in [0, 0.1) is 26.1 Å². The standard InChI is InChI=1S/C12H12N2O2S.C12H14N2S.C8H6BrNO3.C4H9NS.C2H6O/c1-8(2)12-13-11(7-17-12)9-3-5-10(6-4-9)14(15)16;1-8(2)12-14-11(7-15-12)9-3-5-10(13)6-4-9;9-5-8(11)6-1-3-7(4-2-6)10(12)13;1-3(2)4(5)6;1-2-3/h3-8H,1-2H3;3-8H,13H2,1-2H3;1-4H,5H2;3H,1-2H3,(H2,5,6);3H,2H2,1H3. The van der Waals surface area contributed by atoms with Crippen molar-refractivity contribution in [1.29, 1.82) is 0 Å². The molecule has 0 spiro atoms. The molecule has 54 heavy (non-hydrogen) atoms. The number of thiazole rings is 2. The summed E-state index contributed by atoms with van der Waals surface area (Å²) in [4.78, 5) is 40.7. The molecule has 0 aliphatic heterocycles. The van der Waals surface area contributed by atoms with Crippen LogP contribution in [0.15, 0.2) is 83.6 Å². The Morgan fingerprint density at radius 2 is 1.11 bits per heavy atom. The van der Waals surface area contributed by atoms with Gasteiger partial charge in [-0.2, -0.15) is 0 Å². The minimum Gasteiger partial charge on any atom is -0.399 e. The van der Waals surface area contributed by atoms with Gasteiger partial charge in [0.1, 0.15) is 0 Å². The van der Waals surface area contributed by atoms with E-state index >= 15 is 0 Å². The van der Waals surface area contributed by atoms with Crippen LogP contribution in [-0.2, 0) is 0 Å². The first-order chi connectivity index (χ1) is 25.4. The summed E-state index contributed by atoms with van der Waals surface area (Å²) in [6.07, 6.45) is 0. The molecule has 0 aliphatic rings. The SMILES string of the molecule is CC(C)C(N)=S.CC(C)c1nc(-c2ccc(N)cc2)cs1.CC(C)c1nc(-c2ccc([N+](=O)[O-])cc2)cs1.CCO.O=C(CBr)c1ccc([N+](=O)[O-])cc1. The number of Topliss-reactive ketones (excluding diaryl/α,β-unsaturated/α-hetero) is 1. The first-order valence-corrected chi connectivity index (χ1v) is 20.0. The van der Waals surface area contributed by atoms with Gasteiger partial charge in [0, 0.05) is 81.8 Å². The number of benzene rings is 3. The molecule has 0 radical (unpaired) electrons. The second-order valence-electron chi connectivity index (χ2n) is 12.1. The number of alkyl halides is 1. The maximum atomic E-state index is 11.1. The van der Waals surface area contributed by atoms with Gasteiger partial charge in [-0.3, -0.25) is 25.0 Å². The highest BCUT2D eigenvalue weighted by atomic mass is 79.9. The second kappa shape index (κ2) is 24.8. The molecular weight excluding hydrogens is 813 g/mol. The average Bonchev–Trinajstić information content (AvgIpc) is 3.85. The lowest BCUT2D eigenvalue weighted by molar-refractivity contribution is -0.385. The maximum absolute atomic E-state index is 11.1. The van der Waals surface area contributed by atoms with Gasteiger partial charge < -0.3 is 16.6 Å². The van der Waals surface area contributed by atoms with Gasteiger partial charge in [0.25, 0.3) is 11.4 Å². The van der Waals surface area contributed by atoms with Crippen molar-refractivity contribution >= 4 is 78.7 Å². The monoisotopic (exact) mass is 858 g/mol. The molecule has 0 amide bonds. The van der Waals surface area contributed by atoms with Crippen LogP contribution in [0.4, 0.5) is 17.1 Å². The highest BCUT2D eigenvalue weighted by Crippen LogP contribution is 2.28. The quantitative estimate of drug-likeness (QED) is 0.0318. The smallest absolute Gasteiger partial charge is 0.269 e. The number of non-ortho nitro benzene ring substituents is 2. The van der Waals surface area contributed by atoms with Crippen molar-refractivity contribution in [2.45, 2.75) is 60.3 Å². The van der Waals surface area contributed by atoms with E-state index in [-0.39, 0.29) is 29.1 Å². The Morgan fingerprint density at radius 1 is 0.778 bits per heavy atom. The molecule has 290 valence electrons. The van der Waals surface area contributed by atoms with E-state index in [1.807, 2.05) is 43.5 Å². The van der Waals surface area contributed by atoms with E-state index in [0.717, 1.165) is 33.2 Å². The molecule has 12 nitrogen and oxygen atoms in total. The third kappa shape index (κ3) is 17.1. The van der Waals surface area contributed by atoms with Gasteiger partial charge in [-0.1, -0.05) is 81.8 Å². The number of nitro groups is 2. The number of anilines is 1. The molecule has 0 saturated heterocycles. The summed E-state index contributed by atoms with van der Waals surface area (Å²) < 4.78 is 0. The number of hydrogen-bond acceptors (Lipinski definition) is 12. The van der Waals surface area contributed by atoms with Crippen molar-refractivity contribution < 1.29 is 19.7 Å². The molecule has 0 unspecified atom stereocenters. The highest BCUT2D eigenvalue weighted by molar-refractivity contribution is 9.09. The Balaban J connectivity index is 0.000000366. The van der Waals surface area contributed by atoms with Crippen molar-refractivity contribution in [3.63, 3.8) is 0 Å². The van der Waals surface area contributed by atoms with Crippen molar-refractivity contribution in [2.24, 2.45) is 11.7 Å². The van der Waals surface area contributed by atoms with E-state index in [9.17, 15) is 25.0 Å². The van der Waals surface area contributed by atoms with Crippen LogP contribution < -0.4 is 11.5 Å². The van der Waals surface area contributed by atoms with E-state index in [2.05, 4.69) is 71.2 Å². The summed E-state index contributed by atoms with van der Waals surface area (Å²) in [6, 6.07) is 19.8. The Bertz CT molecular complexity index is 1900. The fourth-order valence-electron chi connectivity index (χ4n) is 3.62. The number of aliphatic hydroxyl groups is 1. The van der Waals surface area contributed by atoms with Crippen molar-refractivity contribution in [2.75, 3.05) is 17.7 Å². The fraction of sp³-hybridized carbons (Fsp3) is 0.316. The number of ketones is 1. The number of hydrogen-bond donors (Lipinski definition) is 3. The maximum Gasteiger partial charge on any atom is 0.269 e. The second-order valence-corrected chi connectivity index (χ2v) is 14.9. The first-order valence-electron chi connectivity index (χ1n) is 16.7. The molecule has 0 saturated carbocycles. The highest BCUT2D eigenvalue weighted by Gasteiger charge is 2.11. The van der Waals surface area contributed by atoms with Crippen LogP contribution in [0.2, 0.25) is 0 Å². The Labute approximate surface area is 338 Å². The number of thiocarbonyl (C=S) groups is 1. The summed E-state index contributed by atoms with van der Waals surface area (Å²) in [5, 5.41) is 34.9. The average molecular weight is 860 g/mol. The van der Waals surface area contributed by atoms with Crippen LogP contribution in [0.5, 0.6) is 0 Å². The molecule has 5 aromatic rings. The predicted octanol–water partition coefficient (Wildman–Crippen LogP) is 10.5. The zero-order valence-electron chi connectivity index (χ0n) is 31.3. The predicted molar refractivity (Wildman–Crippen MR) is 230 cm³/mol. The lowest BCUT2D eigenvalue weighted by Gasteiger charge is -1.98. The van der Waals surface area contributed by atoms with E-state index in [4.69, 9.17) is 16.6 Å². The van der Waals surface area contributed by atoms with Crippen molar-refractivity contribution in [3.8, 4) is 22.5 Å². The molecule has 5 rings (SSSR count). The molecule has 2 heterocycles. The van der Waals surface area contributed by atoms with Crippen molar-refractivity contribution in [1.82, 2.24) is 9.97 Å². The summed E-state index contributed by atoms with van der Waals surface area (Å²) in [7, 11) is 0. The Hall–Kier alpha value is -4.48. The van der Waals surface area contributed by atoms with Gasteiger partial charge in [0.2, 0.25) is 0 Å². The third-order valence-electron chi connectivity index (χ3n) is 6.70. The summed E-state index contributed by atoms with van der Waals surface area (Å²) >= 11 is 10.9. The number of aliphatic hydroxyl groups excluding tert-OH is 1. The lowest BCUT2D eigenvalue weighted by Crippen LogP contribution is -2.14. The number of nitrogen functional groups attached to an aromatic ring is 1. The molecule has 5 N–H and O–H groups in total. The minimum absolute atomic E-state index is 0.00822. The largest absolute Gasteiger partial charge is 0.399 e. The van der Waals surface area contributed by atoms with Gasteiger partial charge in [0.15, 0.2) is 5.78 Å². The van der Waals surface area contributed by atoms with Crippen LogP contribution in [0.25, 0.3) is 22.5 Å². The summed E-state index contributed by atoms with van der Waals surface area (Å²) in [5.74, 6) is 1.18. The first kappa shape index (κ1) is 47.5. The van der Waals surface area contributed by atoms with Gasteiger partial charge >= 0.3 is 0 Å². The lowest BCUT2D eigenvalue weighted by atomic mass is 10.1. The number of rotatable bonds is 9. The van der Waals surface area contributed by atoms with Crippen LogP contribution in [0.1, 0.15) is 80.7 Å². The molecule has 0 bridgehead atoms. The van der Waals surface area contributed by atoms with Gasteiger partial charge in [-0.25, -0.2) is 9.97 Å². The summed E-state index contributed by atoms with van der Waals surface area (Å²) in [6.45, 7) is 14.4. The van der Waals surface area contributed by atoms with Gasteiger partial charge in [0.05, 0.1) is 41.6 Å². The van der Waals surface area contributed by atoms with Crippen LogP contribution >= 0.6 is 50.8 Å². The van der Waals surface area contributed by atoms with E-state index in [1.165, 1.54) is 41.4 Å². The number of nitrogens with two attached hydrogens (primary N) is 2. The number of carbonyl (C=O) groups is 1. The van der Waals surface area contributed by atoms with Crippen LogP contribution in [0.3, 0.4) is 0 Å². The molecule has 0 atom stereocenters. The molecule has 3 aromatic carbocycles. The zero-order valence-corrected chi connectivity index (χ0v) is 35.3. The van der Waals surface area contributed by atoms with Crippen LogP contribution in [-0.4, -0.2) is 47.6 Å². The molecule has 0 fully saturated rings. The van der Waals surface area contributed by atoms with Gasteiger partial charge in [-0.05, 0) is 43.3 Å². The third-order valence-corrected chi connectivity index (χ3v) is 9.97. The number of aromatic nitrogens is 2.